The number of likely N-dealkylation sites (tertiary alicyclic amines) is 2. The number of amides is 2. The predicted molar refractivity (Wildman–Crippen MR) is 101 cm³/mol. The van der Waals surface area contributed by atoms with Crippen LogP contribution in [0.15, 0.2) is 29.2 Å². The van der Waals surface area contributed by atoms with Crippen LogP contribution in [0.5, 0.6) is 0 Å². The molecule has 1 atom stereocenters. The molecule has 1 aromatic rings. The van der Waals surface area contributed by atoms with Gasteiger partial charge in [-0.1, -0.05) is 17.7 Å². The number of piperidine rings is 1. The maximum absolute atomic E-state index is 12.8. The quantitative estimate of drug-likeness (QED) is 0.746. The van der Waals surface area contributed by atoms with E-state index < -0.39 is 21.6 Å². The van der Waals surface area contributed by atoms with Gasteiger partial charge in [-0.15, -0.1) is 0 Å². The SMILES string of the molecule is Cc1ccc(S(=O)(=O)OCC[C@H]2CC3(CCN(C(=O)O)CC3)C(=O)N2C)cc1. The number of carboxylic acid groups (broad SMARTS) is 1. The second-order valence-corrected chi connectivity index (χ2v) is 9.32. The number of hydrogen-bond donors (Lipinski definition) is 1. The Labute approximate surface area is 165 Å². The van der Waals surface area contributed by atoms with Gasteiger partial charge in [0.1, 0.15) is 0 Å². The molecule has 8 nitrogen and oxygen atoms in total. The van der Waals surface area contributed by atoms with Crippen molar-refractivity contribution in [3.8, 4) is 0 Å². The standard InChI is InChI=1S/C19H26N2O6S/c1-14-3-5-16(6-4-14)28(25,26)27-12-7-15-13-19(17(22)20(15)2)8-10-21(11-9-19)18(23)24/h3-6,15H,7-13H2,1-2H3,(H,23,24)/t15-/m0/s1. The number of hydrogen-bond acceptors (Lipinski definition) is 5. The molecule has 2 aliphatic heterocycles. The van der Waals surface area contributed by atoms with Gasteiger partial charge < -0.3 is 14.9 Å². The summed E-state index contributed by atoms with van der Waals surface area (Å²) in [4.78, 5) is 27.0. The minimum atomic E-state index is -3.83. The van der Waals surface area contributed by atoms with E-state index in [1.807, 2.05) is 6.92 Å². The summed E-state index contributed by atoms with van der Waals surface area (Å²) in [6.07, 6.45) is 1.06. The first-order valence-corrected chi connectivity index (χ1v) is 10.8. The fourth-order valence-electron chi connectivity index (χ4n) is 4.12. The van der Waals surface area contributed by atoms with Crippen molar-refractivity contribution in [1.82, 2.24) is 9.80 Å². The van der Waals surface area contributed by atoms with E-state index in [1.54, 1.807) is 24.1 Å². The second-order valence-electron chi connectivity index (χ2n) is 7.70. The van der Waals surface area contributed by atoms with Gasteiger partial charge in [-0.2, -0.15) is 8.42 Å². The van der Waals surface area contributed by atoms with Crippen molar-refractivity contribution in [3.63, 3.8) is 0 Å². The number of carbonyl (C=O) groups is 2. The minimum Gasteiger partial charge on any atom is -0.465 e. The highest BCUT2D eigenvalue weighted by molar-refractivity contribution is 7.86. The number of aryl methyl sites for hydroxylation is 1. The van der Waals surface area contributed by atoms with Gasteiger partial charge in [0, 0.05) is 26.2 Å². The monoisotopic (exact) mass is 410 g/mol. The lowest BCUT2D eigenvalue weighted by molar-refractivity contribution is -0.137. The van der Waals surface area contributed by atoms with Gasteiger partial charge in [0.05, 0.1) is 16.9 Å². The van der Waals surface area contributed by atoms with E-state index in [9.17, 15) is 18.0 Å². The van der Waals surface area contributed by atoms with Crippen LogP contribution < -0.4 is 0 Å². The zero-order chi connectivity index (χ0) is 20.5. The van der Waals surface area contributed by atoms with Crippen molar-refractivity contribution in [2.75, 3.05) is 26.7 Å². The molecule has 2 aliphatic rings. The van der Waals surface area contributed by atoms with E-state index in [0.29, 0.717) is 38.8 Å². The Morgan fingerprint density at radius 2 is 1.86 bits per heavy atom. The molecule has 1 spiro atoms. The Bertz CT molecular complexity index is 844. The second kappa shape index (κ2) is 7.71. The highest BCUT2D eigenvalue weighted by Gasteiger charge is 2.51. The van der Waals surface area contributed by atoms with Crippen LogP contribution in [-0.4, -0.2) is 68.1 Å². The van der Waals surface area contributed by atoms with Crippen LogP contribution in [0.3, 0.4) is 0 Å². The Hall–Kier alpha value is -2.13. The van der Waals surface area contributed by atoms with Crippen LogP contribution >= 0.6 is 0 Å². The van der Waals surface area contributed by atoms with E-state index >= 15 is 0 Å². The first-order valence-electron chi connectivity index (χ1n) is 9.36. The van der Waals surface area contributed by atoms with Gasteiger partial charge in [0.2, 0.25) is 5.91 Å². The average Bonchev–Trinajstić information content (AvgIpc) is 2.87. The van der Waals surface area contributed by atoms with E-state index in [0.717, 1.165) is 5.56 Å². The molecule has 9 heteroatoms. The molecule has 0 aromatic heterocycles. The summed E-state index contributed by atoms with van der Waals surface area (Å²) in [6.45, 7) is 2.57. The maximum atomic E-state index is 12.8. The normalized spacial score (nSPS) is 22.1. The van der Waals surface area contributed by atoms with Gasteiger partial charge in [0.25, 0.3) is 10.1 Å². The smallest absolute Gasteiger partial charge is 0.407 e. The highest BCUT2D eigenvalue weighted by atomic mass is 32.2. The molecule has 3 rings (SSSR count). The lowest BCUT2D eigenvalue weighted by Crippen LogP contribution is -2.45. The summed E-state index contributed by atoms with van der Waals surface area (Å²) in [7, 11) is -2.10. The molecular formula is C19H26N2O6S. The summed E-state index contributed by atoms with van der Waals surface area (Å²) < 4.78 is 29.8. The number of nitrogens with zero attached hydrogens (tertiary/aromatic N) is 2. The van der Waals surface area contributed by atoms with Gasteiger partial charge in [-0.25, -0.2) is 4.79 Å². The molecule has 154 valence electrons. The largest absolute Gasteiger partial charge is 0.465 e. The third-order valence-electron chi connectivity index (χ3n) is 5.94. The summed E-state index contributed by atoms with van der Waals surface area (Å²) >= 11 is 0. The van der Waals surface area contributed by atoms with Crippen molar-refractivity contribution in [3.05, 3.63) is 29.8 Å². The Kier molecular flexibility index (Phi) is 5.67. The summed E-state index contributed by atoms with van der Waals surface area (Å²) in [5.74, 6) is 0.0175. The molecule has 28 heavy (non-hydrogen) atoms. The summed E-state index contributed by atoms with van der Waals surface area (Å²) in [5, 5.41) is 9.10. The number of carbonyl (C=O) groups excluding carboxylic acids is 1. The third kappa shape index (κ3) is 4.00. The van der Waals surface area contributed by atoms with Crippen molar-refractivity contribution in [2.24, 2.45) is 5.41 Å². The Balaban J connectivity index is 1.57. The highest BCUT2D eigenvalue weighted by Crippen LogP contribution is 2.44. The van der Waals surface area contributed by atoms with Crippen molar-refractivity contribution in [1.29, 1.82) is 0 Å². The Morgan fingerprint density at radius 1 is 1.25 bits per heavy atom. The number of rotatable bonds is 5. The molecule has 0 radical (unpaired) electrons. The molecule has 1 aromatic carbocycles. The van der Waals surface area contributed by atoms with Crippen LogP contribution in [0, 0.1) is 12.3 Å². The zero-order valence-electron chi connectivity index (χ0n) is 16.1. The van der Waals surface area contributed by atoms with E-state index in [-0.39, 0.29) is 23.5 Å². The summed E-state index contributed by atoms with van der Waals surface area (Å²) in [6, 6.07) is 6.35. The molecule has 2 fully saturated rings. The summed E-state index contributed by atoms with van der Waals surface area (Å²) in [5.41, 5.74) is 0.422. The zero-order valence-corrected chi connectivity index (χ0v) is 16.9. The molecular weight excluding hydrogens is 384 g/mol. The molecule has 2 heterocycles. The molecule has 0 unspecified atom stereocenters. The maximum Gasteiger partial charge on any atom is 0.407 e. The van der Waals surface area contributed by atoms with Crippen molar-refractivity contribution >= 4 is 22.1 Å². The van der Waals surface area contributed by atoms with Crippen LogP contribution in [0.1, 0.15) is 31.2 Å². The lowest BCUT2D eigenvalue weighted by atomic mass is 9.76. The lowest BCUT2D eigenvalue weighted by Gasteiger charge is -2.36. The van der Waals surface area contributed by atoms with Gasteiger partial charge in [0.15, 0.2) is 0 Å². The molecule has 0 bridgehead atoms. The molecule has 2 saturated heterocycles. The fraction of sp³-hybridized carbons (Fsp3) is 0.579. The van der Waals surface area contributed by atoms with Crippen molar-refractivity contribution < 1.29 is 27.3 Å². The van der Waals surface area contributed by atoms with Crippen LogP contribution in [0.4, 0.5) is 4.79 Å². The minimum absolute atomic E-state index is 0.00414. The fourth-order valence-corrected chi connectivity index (χ4v) is 5.04. The van der Waals surface area contributed by atoms with E-state index in [4.69, 9.17) is 9.29 Å². The first-order chi connectivity index (χ1) is 13.1. The average molecular weight is 410 g/mol. The molecule has 1 N–H and O–H groups in total. The van der Waals surface area contributed by atoms with Gasteiger partial charge in [-0.3, -0.25) is 8.98 Å². The Morgan fingerprint density at radius 3 is 2.43 bits per heavy atom. The number of benzene rings is 1. The van der Waals surface area contributed by atoms with Crippen LogP contribution in [-0.2, 0) is 19.1 Å². The molecule has 2 amide bonds. The topological polar surface area (TPSA) is 104 Å². The van der Waals surface area contributed by atoms with Crippen molar-refractivity contribution in [2.45, 2.75) is 43.5 Å². The van der Waals surface area contributed by atoms with Gasteiger partial charge >= 0.3 is 6.09 Å². The third-order valence-corrected chi connectivity index (χ3v) is 7.26. The van der Waals surface area contributed by atoms with E-state index in [1.165, 1.54) is 17.0 Å². The molecule has 0 aliphatic carbocycles. The predicted octanol–water partition coefficient (Wildman–Crippen LogP) is 2.08. The van der Waals surface area contributed by atoms with Gasteiger partial charge in [-0.05, 0) is 44.7 Å². The van der Waals surface area contributed by atoms with Crippen LogP contribution in [0.2, 0.25) is 0 Å². The van der Waals surface area contributed by atoms with E-state index in [2.05, 4.69) is 0 Å². The van der Waals surface area contributed by atoms with Crippen LogP contribution in [0.25, 0.3) is 0 Å². The molecule has 0 saturated carbocycles. The first kappa shape index (κ1) is 20.6.